The first-order chi connectivity index (χ1) is 43.4. The molecule has 4 aromatic carbocycles. The molecule has 0 aliphatic rings. The summed E-state index contributed by atoms with van der Waals surface area (Å²) in [6.45, 7) is 14.2. The number of rotatable bonds is 19. The summed E-state index contributed by atoms with van der Waals surface area (Å²) in [5.41, 5.74) is 7.36. The molecule has 8 aromatic heterocycles. The number of carbonyl (C=O) groups excluding carboxylic acids is 1. The Morgan fingerprint density at radius 3 is 1.43 bits per heavy atom. The summed E-state index contributed by atoms with van der Waals surface area (Å²) in [4.78, 5) is 42.9. The first-order valence-corrected chi connectivity index (χ1v) is 37.3. The van der Waals surface area contributed by atoms with Crippen molar-refractivity contribution >= 4 is 153 Å². The Kier molecular flexibility index (Phi) is 30.3. The number of nitrogens with zero attached hydrogens (tertiary/aromatic N) is 8. The Labute approximate surface area is 587 Å². The molecule has 484 valence electrons. The van der Waals surface area contributed by atoms with Crippen LogP contribution in [0.3, 0.4) is 0 Å². The van der Waals surface area contributed by atoms with Crippen LogP contribution in [-0.2, 0) is 41.7 Å². The second kappa shape index (κ2) is 36.7. The fourth-order valence-electron chi connectivity index (χ4n) is 9.92. The molecule has 12 aromatic rings. The number of thiophene rings is 4. The second-order valence-electron chi connectivity index (χ2n) is 22.3. The van der Waals surface area contributed by atoms with Crippen LogP contribution in [0.25, 0.3) is 45.9 Å². The number of aliphatic hydroxyl groups is 1. The number of benzene rings is 4. The molecule has 3 N–H and O–H groups in total. The Morgan fingerprint density at radius 2 is 0.989 bits per heavy atom. The molecule has 0 bridgehead atoms. The van der Waals surface area contributed by atoms with Gasteiger partial charge in [-0.05, 0) is 142 Å². The van der Waals surface area contributed by atoms with Crippen LogP contribution in [0.4, 0.5) is 0 Å². The fraction of sp³-hybridized carbons (Fsp3) is 0.309. The molecule has 8 heterocycles. The zero-order valence-corrected chi connectivity index (χ0v) is 61.5. The summed E-state index contributed by atoms with van der Waals surface area (Å²) < 4.78 is 36.7. The number of hydrogen-bond acceptors (Lipinski definition) is 20. The van der Waals surface area contributed by atoms with Crippen molar-refractivity contribution in [2.24, 2.45) is 0 Å². The van der Waals surface area contributed by atoms with Crippen LogP contribution < -0.4 is 18.9 Å². The molecule has 0 aliphatic heterocycles. The molecule has 0 amide bonds. The number of thiazole rings is 4. The summed E-state index contributed by atoms with van der Waals surface area (Å²) in [5.74, 6) is 0.550. The van der Waals surface area contributed by atoms with Gasteiger partial charge >= 0.3 is 29.3 Å². The molecule has 0 fully saturated rings. The third-order valence-corrected chi connectivity index (χ3v) is 22.3. The SMILES string of the molecule is C=C(c1nccs1)c1c(CCN(C)C)sc2ccccc12.CC(=O)c1c(CCN(C)C)sc2ccccc12.CC(c1nccs1)c1c(CCN(C)C)sc2ccccc12.CN(C)CCc1sc2ccccc2c1C(C)(O)c1nccs1.O=S(=O)(O)O.[HH].[Li+].[c-]1nccs1. The Hall–Kier alpha value is -5.08. The molecule has 12 rings (SSSR count). The third kappa shape index (κ3) is 22.0. The monoisotopic (exact) mass is 1400 g/mol. The zero-order valence-electron chi connectivity index (χ0n) is 54.1. The normalized spacial score (nSPS) is 12.2. The molecular weight excluding hydrogens is 1320 g/mol. The Bertz CT molecular complexity index is 4250. The topological polar surface area (TPSA) is 176 Å². The Morgan fingerprint density at radius 1 is 0.576 bits per heavy atom. The first-order valence-electron chi connectivity index (χ1n) is 29.1. The van der Waals surface area contributed by atoms with E-state index in [-0.39, 0.29) is 26.1 Å². The molecule has 0 saturated carbocycles. The standard InChI is InChI=1S/C17H20N2OS2.C17H20N2S2.C17H18N2S2.C14H17NOS.C3H2NS.Li.H2O4S.H2/c1-17(20,16-18-9-11-21-16)15-12-6-4-5-7-13(12)22-14(15)8-10-19(2)3;2*1-12(17-18-9-11-20-17)16-13-6-4-5-7-14(13)21-15(16)8-10-19(2)3;1-10(16)14-11-6-4-5-7-12(11)17-13(14)8-9-15(2)3;1-2-5-3-4-1;;1-5(2,3)4;/h4-7,9,11,20H,8,10H2,1-3H3;4-7,9,11-12H,8,10H2,1-3H3;4-7,9,11H,1,8,10H2,2-3H3;4-7H,8-9H2,1-3H3;1-2H;;(H2,1,2,3,4);1H/q;;;;-1;+1;;. The maximum absolute atomic E-state index is 11.8. The summed E-state index contributed by atoms with van der Waals surface area (Å²) in [6.07, 6.45) is 11.3. The van der Waals surface area contributed by atoms with Gasteiger partial charge in [0.1, 0.15) is 15.6 Å². The van der Waals surface area contributed by atoms with Gasteiger partial charge in [0, 0.05) is 140 Å². The summed E-state index contributed by atoms with van der Waals surface area (Å²) >= 11 is 13.7. The zero-order chi connectivity index (χ0) is 65.8. The number of ketones is 1. The van der Waals surface area contributed by atoms with E-state index in [4.69, 9.17) is 17.5 Å². The summed E-state index contributed by atoms with van der Waals surface area (Å²) in [7, 11) is 12.1. The van der Waals surface area contributed by atoms with Crippen molar-refractivity contribution in [3.8, 4) is 0 Å². The van der Waals surface area contributed by atoms with E-state index in [0.717, 1.165) is 89.4 Å². The van der Waals surface area contributed by atoms with Gasteiger partial charge in [-0.1, -0.05) is 86.3 Å². The van der Waals surface area contributed by atoms with Gasteiger partial charge in [-0.3, -0.25) is 25.2 Å². The van der Waals surface area contributed by atoms with Gasteiger partial charge in [0.2, 0.25) is 0 Å². The summed E-state index contributed by atoms with van der Waals surface area (Å²) in [5, 5.41) is 27.0. The second-order valence-corrected chi connectivity index (χ2v) is 31.1. The Balaban J connectivity index is 0.000000213. The van der Waals surface area contributed by atoms with Crippen molar-refractivity contribution in [1.29, 1.82) is 0 Å². The minimum absolute atomic E-state index is 0. The van der Waals surface area contributed by atoms with E-state index in [1.165, 1.54) is 87.9 Å². The molecule has 14 nitrogen and oxygen atoms in total. The minimum Gasteiger partial charge on any atom is -0.394 e. The van der Waals surface area contributed by atoms with E-state index in [1.807, 2.05) is 82.4 Å². The van der Waals surface area contributed by atoms with E-state index in [1.54, 1.807) is 64.7 Å². The van der Waals surface area contributed by atoms with Crippen LogP contribution in [0, 0.1) is 5.51 Å². The average Bonchev–Trinajstić information content (AvgIpc) is 1.66. The number of carbonyl (C=O) groups is 1. The van der Waals surface area contributed by atoms with E-state index in [9.17, 15) is 9.90 Å². The largest absolute Gasteiger partial charge is 1.00 e. The van der Waals surface area contributed by atoms with E-state index in [2.05, 4.69) is 193 Å². The molecular formula is C68H81LiN8O6S9. The van der Waals surface area contributed by atoms with Gasteiger partial charge in [0.05, 0.1) is 5.01 Å². The quantitative estimate of drug-likeness (QED) is 0.0302. The number of likely N-dealkylation sites (N-methyl/N-ethyl adjacent to an activating group) is 4. The van der Waals surface area contributed by atoms with Gasteiger partial charge in [0.15, 0.2) is 5.78 Å². The van der Waals surface area contributed by atoms with Gasteiger partial charge in [0.25, 0.3) is 0 Å². The predicted octanol–water partition coefficient (Wildman–Crippen LogP) is 13.6. The van der Waals surface area contributed by atoms with Crippen LogP contribution in [-0.4, -0.2) is 151 Å². The predicted molar refractivity (Wildman–Crippen MR) is 394 cm³/mol. The van der Waals surface area contributed by atoms with Crippen molar-refractivity contribution < 1.29 is 47.7 Å². The number of Topliss-reactive ketones (excluding diaryl/α,β-unsaturated/α-hetero) is 1. The smallest absolute Gasteiger partial charge is 0.394 e. The van der Waals surface area contributed by atoms with Crippen LogP contribution >= 0.6 is 90.7 Å². The molecule has 2 unspecified atom stereocenters. The van der Waals surface area contributed by atoms with Crippen molar-refractivity contribution in [2.45, 2.75) is 58.0 Å². The number of hydrogen-bond donors (Lipinski definition) is 3. The summed E-state index contributed by atoms with van der Waals surface area (Å²) in [6, 6.07) is 33.8. The molecule has 0 saturated heterocycles. The van der Waals surface area contributed by atoms with Crippen molar-refractivity contribution in [3.63, 3.8) is 0 Å². The molecule has 2 atom stereocenters. The van der Waals surface area contributed by atoms with Crippen LogP contribution in [0.1, 0.15) is 89.7 Å². The van der Waals surface area contributed by atoms with Gasteiger partial charge in [-0.25, -0.2) is 15.0 Å². The maximum Gasteiger partial charge on any atom is 1.00 e. The van der Waals surface area contributed by atoms with Crippen molar-refractivity contribution in [3.05, 3.63) is 212 Å². The van der Waals surface area contributed by atoms with Crippen molar-refractivity contribution in [1.82, 2.24) is 39.5 Å². The third-order valence-electron chi connectivity index (χ3n) is 14.1. The molecule has 92 heavy (non-hydrogen) atoms. The molecule has 0 radical (unpaired) electrons. The molecule has 24 heteroatoms. The number of fused-ring (bicyclic) bond motifs is 4. The van der Waals surface area contributed by atoms with Crippen LogP contribution in [0.2, 0.25) is 0 Å². The van der Waals surface area contributed by atoms with E-state index in [0.29, 0.717) is 5.92 Å². The maximum atomic E-state index is 11.8. The van der Waals surface area contributed by atoms with Crippen LogP contribution in [0.15, 0.2) is 150 Å². The van der Waals surface area contributed by atoms with Gasteiger partial charge in [-0.15, -0.1) is 90.9 Å². The van der Waals surface area contributed by atoms with Gasteiger partial charge in [-0.2, -0.15) is 8.42 Å². The first kappa shape index (κ1) is 75.9. The van der Waals surface area contributed by atoms with E-state index < -0.39 is 16.0 Å². The molecule has 0 aliphatic carbocycles. The van der Waals surface area contributed by atoms with Crippen molar-refractivity contribution in [2.75, 3.05) is 82.6 Å². The van der Waals surface area contributed by atoms with Gasteiger partial charge < -0.3 is 29.7 Å². The molecule has 0 spiro atoms. The number of aromatic nitrogens is 4. The average molecular weight is 1400 g/mol. The van der Waals surface area contributed by atoms with E-state index >= 15 is 0 Å². The van der Waals surface area contributed by atoms with Crippen LogP contribution in [0.5, 0.6) is 0 Å². The minimum atomic E-state index is -4.67. The fourth-order valence-corrected chi connectivity index (χ4v) is 17.3.